The van der Waals surface area contributed by atoms with E-state index in [0.29, 0.717) is 6.42 Å². The van der Waals surface area contributed by atoms with Crippen LogP contribution >= 0.6 is 0 Å². The lowest BCUT2D eigenvalue weighted by Crippen LogP contribution is -2.33. The van der Waals surface area contributed by atoms with Gasteiger partial charge >= 0.3 is 6.09 Å². The van der Waals surface area contributed by atoms with Crippen LogP contribution in [0.4, 0.5) is 4.79 Å². The Morgan fingerprint density at radius 2 is 1.95 bits per heavy atom. The Kier molecular flexibility index (Phi) is 8.48. The lowest BCUT2D eigenvalue weighted by Gasteiger charge is -2.27. The minimum Gasteiger partial charge on any atom is -0.446 e. The van der Waals surface area contributed by atoms with Crippen molar-refractivity contribution in [3.05, 3.63) is 11.6 Å². The first-order chi connectivity index (χ1) is 8.81. The third-order valence-electron chi connectivity index (χ3n) is 3.52. The molecule has 4 nitrogen and oxygen atoms in total. The Labute approximate surface area is 117 Å². The Hall–Kier alpha value is -1.03. The maximum absolute atomic E-state index is 11.0. The van der Waals surface area contributed by atoms with Crippen LogP contribution in [0.1, 0.15) is 53.9 Å². The number of allylic oxidation sites excluding steroid dienone is 1. The van der Waals surface area contributed by atoms with E-state index in [1.165, 1.54) is 5.57 Å². The van der Waals surface area contributed by atoms with Crippen LogP contribution in [-0.2, 0) is 4.74 Å². The van der Waals surface area contributed by atoms with Crippen LogP contribution in [0, 0.1) is 11.8 Å². The largest absolute Gasteiger partial charge is 0.446 e. The van der Waals surface area contributed by atoms with Gasteiger partial charge in [-0.15, -0.1) is 0 Å². The Balaban J connectivity index is 4.92. The number of amides is 1. The predicted octanol–water partition coefficient (Wildman–Crippen LogP) is 3.24. The number of carbonyl (C=O) groups is 1. The third kappa shape index (κ3) is 7.21. The highest BCUT2D eigenvalue weighted by atomic mass is 16.6. The highest BCUT2D eigenvalue weighted by Gasteiger charge is 2.26. The van der Waals surface area contributed by atoms with Crippen molar-refractivity contribution in [2.75, 3.05) is 0 Å². The topological polar surface area (TPSA) is 72.6 Å². The number of carbonyl (C=O) groups excluding carboxylic acids is 1. The van der Waals surface area contributed by atoms with Crippen molar-refractivity contribution < 1.29 is 14.6 Å². The van der Waals surface area contributed by atoms with Crippen LogP contribution in [0.25, 0.3) is 0 Å². The highest BCUT2D eigenvalue weighted by Crippen LogP contribution is 2.23. The molecule has 0 fully saturated rings. The molecule has 19 heavy (non-hydrogen) atoms. The first-order valence-electron chi connectivity index (χ1n) is 7.13. The number of aliphatic hydroxyl groups excluding tert-OH is 1. The van der Waals surface area contributed by atoms with Gasteiger partial charge in [-0.25, -0.2) is 4.79 Å². The molecule has 0 heterocycles. The predicted molar refractivity (Wildman–Crippen MR) is 77.7 cm³/mol. The summed E-state index contributed by atoms with van der Waals surface area (Å²) in [6.45, 7) is 10.1. The van der Waals surface area contributed by atoms with E-state index < -0.39 is 12.2 Å². The van der Waals surface area contributed by atoms with E-state index in [1.807, 2.05) is 20.8 Å². The summed E-state index contributed by atoms with van der Waals surface area (Å²) in [6.07, 6.45) is 2.73. The summed E-state index contributed by atoms with van der Waals surface area (Å²) in [4.78, 5) is 11.0. The molecule has 0 aromatic carbocycles. The van der Waals surface area contributed by atoms with E-state index in [2.05, 4.69) is 19.9 Å². The van der Waals surface area contributed by atoms with Crippen molar-refractivity contribution >= 4 is 6.09 Å². The van der Waals surface area contributed by atoms with Crippen molar-refractivity contribution in [3.63, 3.8) is 0 Å². The van der Waals surface area contributed by atoms with Gasteiger partial charge in [0.25, 0.3) is 0 Å². The van der Waals surface area contributed by atoms with E-state index in [9.17, 15) is 9.90 Å². The number of hydrogen-bond acceptors (Lipinski definition) is 3. The molecule has 3 N–H and O–H groups in total. The van der Waals surface area contributed by atoms with Gasteiger partial charge in [0.2, 0.25) is 0 Å². The molecule has 0 saturated carbocycles. The molecule has 0 aliphatic heterocycles. The van der Waals surface area contributed by atoms with Gasteiger partial charge in [0.15, 0.2) is 0 Å². The minimum atomic E-state index is -0.776. The summed E-state index contributed by atoms with van der Waals surface area (Å²) in [5, 5.41) is 9.99. The first kappa shape index (κ1) is 18.0. The second-order valence-electron chi connectivity index (χ2n) is 5.46. The summed E-state index contributed by atoms with van der Waals surface area (Å²) >= 11 is 0. The monoisotopic (exact) mass is 271 g/mol. The highest BCUT2D eigenvalue weighted by molar-refractivity contribution is 5.64. The van der Waals surface area contributed by atoms with Crippen molar-refractivity contribution in [1.29, 1.82) is 0 Å². The summed E-state index contributed by atoms with van der Waals surface area (Å²) in [6, 6.07) is 0. The lowest BCUT2D eigenvalue weighted by molar-refractivity contribution is 0.0210. The van der Waals surface area contributed by atoms with Gasteiger partial charge in [-0.1, -0.05) is 39.3 Å². The Morgan fingerprint density at radius 1 is 1.37 bits per heavy atom. The van der Waals surface area contributed by atoms with E-state index >= 15 is 0 Å². The lowest BCUT2D eigenvalue weighted by atomic mass is 9.89. The van der Waals surface area contributed by atoms with Crippen LogP contribution in [0.3, 0.4) is 0 Å². The van der Waals surface area contributed by atoms with E-state index in [-0.39, 0.29) is 17.9 Å². The molecule has 0 rings (SSSR count). The van der Waals surface area contributed by atoms with Gasteiger partial charge in [0, 0.05) is 12.3 Å². The molecule has 3 atom stereocenters. The fraction of sp³-hybridized carbons (Fsp3) is 0.800. The average molecular weight is 271 g/mol. The van der Waals surface area contributed by atoms with Crippen molar-refractivity contribution in [3.8, 4) is 0 Å². The molecule has 1 unspecified atom stereocenters. The third-order valence-corrected chi connectivity index (χ3v) is 3.52. The van der Waals surface area contributed by atoms with Gasteiger partial charge in [0.1, 0.15) is 6.10 Å². The average Bonchev–Trinajstić information content (AvgIpc) is 2.33. The number of rotatable bonds is 8. The molecule has 4 heteroatoms. The maximum atomic E-state index is 11.0. The smallest absolute Gasteiger partial charge is 0.404 e. The number of nitrogens with two attached hydrogens (primary N) is 1. The zero-order valence-electron chi connectivity index (χ0n) is 12.8. The molecule has 0 aliphatic carbocycles. The SMILES string of the molecule is CC/C(C)=C/[C@@H](CC)C(C[C@H](O)C(C)C)OC(N)=O. The van der Waals surface area contributed by atoms with E-state index in [0.717, 1.165) is 12.8 Å². The molecular formula is C15H29NO3. The standard InChI is InChI=1S/C15H29NO3/c1-6-11(5)8-12(7-2)14(19-15(16)18)9-13(17)10(3)4/h8,10,12-14,17H,6-7,9H2,1-5H3,(H2,16,18)/b11-8+/t12-,13+,14?/m1/s1. The number of hydrogen-bond donors (Lipinski definition) is 2. The van der Waals surface area contributed by atoms with Crippen LogP contribution in [-0.4, -0.2) is 23.4 Å². The summed E-state index contributed by atoms with van der Waals surface area (Å²) < 4.78 is 5.20. The Morgan fingerprint density at radius 3 is 2.32 bits per heavy atom. The van der Waals surface area contributed by atoms with E-state index in [4.69, 9.17) is 10.5 Å². The van der Waals surface area contributed by atoms with Crippen LogP contribution in [0.5, 0.6) is 0 Å². The molecular weight excluding hydrogens is 242 g/mol. The molecule has 0 aliphatic rings. The minimum absolute atomic E-state index is 0.0980. The second-order valence-corrected chi connectivity index (χ2v) is 5.46. The Bertz CT molecular complexity index is 300. The van der Waals surface area contributed by atoms with Crippen LogP contribution in [0.15, 0.2) is 11.6 Å². The van der Waals surface area contributed by atoms with Crippen molar-refractivity contribution in [2.24, 2.45) is 17.6 Å². The van der Waals surface area contributed by atoms with E-state index in [1.54, 1.807) is 0 Å². The second kappa shape index (κ2) is 8.97. The van der Waals surface area contributed by atoms with Gasteiger partial charge < -0.3 is 15.6 Å². The molecule has 0 bridgehead atoms. The quantitative estimate of drug-likeness (QED) is 0.666. The number of ether oxygens (including phenoxy) is 1. The van der Waals surface area contributed by atoms with Crippen LogP contribution < -0.4 is 5.73 Å². The zero-order chi connectivity index (χ0) is 15.0. The normalized spacial score (nSPS) is 17.1. The summed E-state index contributed by atoms with van der Waals surface area (Å²) in [5.74, 6) is 0.230. The number of aliphatic hydroxyl groups is 1. The summed E-state index contributed by atoms with van der Waals surface area (Å²) in [5.41, 5.74) is 6.39. The van der Waals surface area contributed by atoms with Gasteiger partial charge in [0.05, 0.1) is 6.10 Å². The molecule has 0 aromatic rings. The molecule has 0 aromatic heterocycles. The van der Waals surface area contributed by atoms with Crippen LogP contribution in [0.2, 0.25) is 0 Å². The van der Waals surface area contributed by atoms with Gasteiger partial charge in [-0.2, -0.15) is 0 Å². The molecule has 112 valence electrons. The molecule has 0 radical (unpaired) electrons. The summed E-state index contributed by atoms with van der Waals surface area (Å²) in [7, 11) is 0. The van der Waals surface area contributed by atoms with Gasteiger partial charge in [-0.3, -0.25) is 0 Å². The molecule has 0 saturated heterocycles. The van der Waals surface area contributed by atoms with Gasteiger partial charge in [-0.05, 0) is 25.7 Å². The zero-order valence-corrected chi connectivity index (χ0v) is 12.8. The van der Waals surface area contributed by atoms with Crippen molar-refractivity contribution in [2.45, 2.75) is 66.1 Å². The molecule has 0 spiro atoms. The fourth-order valence-corrected chi connectivity index (χ4v) is 1.94. The molecule has 1 amide bonds. The maximum Gasteiger partial charge on any atom is 0.404 e. The first-order valence-corrected chi connectivity index (χ1v) is 7.13. The number of primary amides is 1. The fourth-order valence-electron chi connectivity index (χ4n) is 1.94. The van der Waals surface area contributed by atoms with Crippen molar-refractivity contribution in [1.82, 2.24) is 0 Å².